The van der Waals surface area contributed by atoms with E-state index >= 15 is 0 Å². The standard InChI is InChI=1S/C8H15ClO/c1-5-6(2)7(10)8(3,4)9/h6H,5H2,1-4H3. The van der Waals surface area contributed by atoms with Crippen LogP contribution in [0.4, 0.5) is 0 Å². The van der Waals surface area contributed by atoms with Crippen molar-refractivity contribution >= 4 is 17.4 Å². The first-order valence-corrected chi connectivity index (χ1v) is 4.00. The van der Waals surface area contributed by atoms with Crippen molar-refractivity contribution in [2.24, 2.45) is 5.92 Å². The lowest BCUT2D eigenvalue weighted by Crippen LogP contribution is -2.29. The molecule has 0 aromatic carbocycles. The number of alkyl halides is 1. The Morgan fingerprint density at radius 1 is 1.60 bits per heavy atom. The van der Waals surface area contributed by atoms with Crippen LogP contribution in [0.5, 0.6) is 0 Å². The minimum atomic E-state index is -0.685. The first-order valence-electron chi connectivity index (χ1n) is 3.62. The van der Waals surface area contributed by atoms with Crippen molar-refractivity contribution in [2.45, 2.75) is 39.0 Å². The highest BCUT2D eigenvalue weighted by molar-refractivity contribution is 6.34. The molecule has 0 aliphatic rings. The molecule has 2 heteroatoms. The van der Waals surface area contributed by atoms with Gasteiger partial charge in [0, 0.05) is 5.92 Å². The zero-order valence-corrected chi connectivity index (χ0v) is 7.83. The summed E-state index contributed by atoms with van der Waals surface area (Å²) >= 11 is 5.81. The van der Waals surface area contributed by atoms with Crippen LogP contribution < -0.4 is 0 Å². The van der Waals surface area contributed by atoms with E-state index in [0.717, 1.165) is 6.42 Å². The third-order valence-electron chi connectivity index (χ3n) is 1.65. The van der Waals surface area contributed by atoms with Crippen molar-refractivity contribution in [1.29, 1.82) is 0 Å². The van der Waals surface area contributed by atoms with Gasteiger partial charge in [0.1, 0.15) is 0 Å². The largest absolute Gasteiger partial charge is 0.297 e. The van der Waals surface area contributed by atoms with E-state index in [0.29, 0.717) is 0 Å². The molecule has 0 bridgehead atoms. The molecule has 0 heterocycles. The molecule has 0 radical (unpaired) electrons. The topological polar surface area (TPSA) is 17.1 Å². The second-order valence-electron chi connectivity index (χ2n) is 3.15. The van der Waals surface area contributed by atoms with Crippen LogP contribution in [0.1, 0.15) is 34.1 Å². The quantitative estimate of drug-likeness (QED) is 0.584. The average Bonchev–Trinajstić information content (AvgIpc) is 1.83. The van der Waals surface area contributed by atoms with Gasteiger partial charge >= 0.3 is 0 Å². The Morgan fingerprint density at radius 3 is 2.10 bits per heavy atom. The van der Waals surface area contributed by atoms with Crippen LogP contribution in [0.3, 0.4) is 0 Å². The van der Waals surface area contributed by atoms with Crippen LogP contribution >= 0.6 is 11.6 Å². The number of hydrogen-bond donors (Lipinski definition) is 0. The van der Waals surface area contributed by atoms with Crippen molar-refractivity contribution in [2.75, 3.05) is 0 Å². The maximum atomic E-state index is 11.3. The summed E-state index contributed by atoms with van der Waals surface area (Å²) < 4.78 is 0. The summed E-state index contributed by atoms with van der Waals surface area (Å²) in [7, 11) is 0. The number of carbonyl (C=O) groups is 1. The van der Waals surface area contributed by atoms with E-state index in [1.165, 1.54) is 0 Å². The predicted molar refractivity (Wildman–Crippen MR) is 44.4 cm³/mol. The van der Waals surface area contributed by atoms with Crippen molar-refractivity contribution in [1.82, 2.24) is 0 Å². The maximum absolute atomic E-state index is 11.3. The van der Waals surface area contributed by atoms with Crippen LogP contribution in [0, 0.1) is 5.92 Å². The molecule has 0 aromatic rings. The van der Waals surface area contributed by atoms with E-state index in [1.54, 1.807) is 13.8 Å². The zero-order chi connectivity index (χ0) is 8.36. The maximum Gasteiger partial charge on any atom is 0.155 e. The number of halogens is 1. The van der Waals surface area contributed by atoms with E-state index in [9.17, 15) is 4.79 Å². The SMILES string of the molecule is CCC(C)C(=O)C(C)(C)Cl. The fourth-order valence-electron chi connectivity index (χ4n) is 0.771. The van der Waals surface area contributed by atoms with E-state index in [-0.39, 0.29) is 11.7 Å². The van der Waals surface area contributed by atoms with Crippen molar-refractivity contribution in [3.05, 3.63) is 0 Å². The van der Waals surface area contributed by atoms with Gasteiger partial charge < -0.3 is 0 Å². The van der Waals surface area contributed by atoms with Gasteiger partial charge in [-0.15, -0.1) is 11.6 Å². The van der Waals surface area contributed by atoms with Gasteiger partial charge in [-0.2, -0.15) is 0 Å². The molecule has 0 aliphatic heterocycles. The van der Waals surface area contributed by atoms with Crippen molar-refractivity contribution in [3.8, 4) is 0 Å². The highest BCUT2D eigenvalue weighted by Gasteiger charge is 2.27. The fraction of sp³-hybridized carbons (Fsp3) is 0.875. The minimum Gasteiger partial charge on any atom is -0.297 e. The molecular weight excluding hydrogens is 148 g/mol. The van der Waals surface area contributed by atoms with Gasteiger partial charge in [-0.3, -0.25) is 4.79 Å². The van der Waals surface area contributed by atoms with Gasteiger partial charge in [0.15, 0.2) is 5.78 Å². The molecule has 0 aliphatic carbocycles. The number of hydrogen-bond acceptors (Lipinski definition) is 1. The van der Waals surface area contributed by atoms with Gasteiger partial charge in [-0.25, -0.2) is 0 Å². The van der Waals surface area contributed by atoms with Crippen LogP contribution in [0.2, 0.25) is 0 Å². The van der Waals surface area contributed by atoms with Crippen molar-refractivity contribution in [3.63, 3.8) is 0 Å². The van der Waals surface area contributed by atoms with E-state index in [1.807, 2.05) is 13.8 Å². The summed E-state index contributed by atoms with van der Waals surface area (Å²) in [6.45, 7) is 7.38. The Balaban J connectivity index is 4.09. The van der Waals surface area contributed by atoms with Gasteiger partial charge in [0.25, 0.3) is 0 Å². The lowest BCUT2D eigenvalue weighted by atomic mass is 9.94. The minimum absolute atomic E-state index is 0.0903. The fourth-order valence-corrected chi connectivity index (χ4v) is 0.958. The molecule has 0 saturated heterocycles. The molecule has 60 valence electrons. The van der Waals surface area contributed by atoms with Gasteiger partial charge in [-0.05, 0) is 20.3 Å². The van der Waals surface area contributed by atoms with Gasteiger partial charge in [-0.1, -0.05) is 13.8 Å². The van der Waals surface area contributed by atoms with E-state index in [4.69, 9.17) is 11.6 Å². The van der Waals surface area contributed by atoms with Crippen LogP contribution in [-0.4, -0.2) is 10.7 Å². The highest BCUT2D eigenvalue weighted by atomic mass is 35.5. The first kappa shape index (κ1) is 9.96. The number of ketones is 1. The molecule has 0 amide bonds. The molecule has 0 spiro atoms. The third kappa shape index (κ3) is 2.70. The van der Waals surface area contributed by atoms with Gasteiger partial charge in [0.05, 0.1) is 4.87 Å². The summed E-state index contributed by atoms with van der Waals surface area (Å²) in [5.74, 6) is 0.226. The second kappa shape index (κ2) is 3.38. The van der Waals surface area contributed by atoms with E-state index < -0.39 is 4.87 Å². The molecule has 0 rings (SSSR count). The molecule has 1 atom stereocenters. The molecule has 0 aromatic heterocycles. The number of rotatable bonds is 3. The highest BCUT2D eigenvalue weighted by Crippen LogP contribution is 2.20. The number of carbonyl (C=O) groups excluding carboxylic acids is 1. The molecular formula is C8H15ClO. The summed E-state index contributed by atoms with van der Waals surface area (Å²) in [4.78, 5) is 10.6. The summed E-state index contributed by atoms with van der Waals surface area (Å²) in [5, 5.41) is 0. The predicted octanol–water partition coefficient (Wildman–Crippen LogP) is 2.62. The van der Waals surface area contributed by atoms with E-state index in [2.05, 4.69) is 0 Å². The molecule has 0 N–H and O–H groups in total. The summed E-state index contributed by atoms with van der Waals surface area (Å²) in [5.41, 5.74) is 0. The Morgan fingerprint density at radius 2 is 2.00 bits per heavy atom. The third-order valence-corrected chi connectivity index (χ3v) is 1.83. The summed E-state index contributed by atoms with van der Waals surface area (Å²) in [6, 6.07) is 0. The lowest BCUT2D eigenvalue weighted by Gasteiger charge is -2.18. The molecule has 1 nitrogen and oxygen atoms in total. The summed E-state index contributed by atoms with van der Waals surface area (Å²) in [6.07, 6.45) is 0.870. The Kier molecular flexibility index (Phi) is 3.37. The van der Waals surface area contributed by atoms with Gasteiger partial charge in [0.2, 0.25) is 0 Å². The molecule has 0 saturated carbocycles. The molecule has 1 unspecified atom stereocenters. The lowest BCUT2D eigenvalue weighted by molar-refractivity contribution is -0.124. The van der Waals surface area contributed by atoms with Crippen LogP contribution in [-0.2, 0) is 4.79 Å². The average molecular weight is 163 g/mol. The zero-order valence-electron chi connectivity index (χ0n) is 7.07. The Hall–Kier alpha value is -0.0400. The molecule has 10 heavy (non-hydrogen) atoms. The number of Topliss-reactive ketones (excluding diaryl/α,β-unsaturated/α-hetero) is 1. The normalized spacial score (nSPS) is 14.9. The Bertz CT molecular complexity index is 124. The van der Waals surface area contributed by atoms with Crippen molar-refractivity contribution < 1.29 is 4.79 Å². The van der Waals surface area contributed by atoms with Crippen LogP contribution in [0.25, 0.3) is 0 Å². The smallest absolute Gasteiger partial charge is 0.155 e. The Labute approximate surface area is 67.8 Å². The monoisotopic (exact) mass is 162 g/mol. The second-order valence-corrected chi connectivity index (χ2v) is 4.09. The van der Waals surface area contributed by atoms with Crippen LogP contribution in [0.15, 0.2) is 0 Å². The first-order chi connectivity index (χ1) is 4.39. The molecule has 0 fully saturated rings.